The van der Waals surface area contributed by atoms with E-state index in [4.69, 9.17) is 4.74 Å². The van der Waals surface area contributed by atoms with E-state index in [1.165, 1.54) is 5.57 Å². The monoisotopic (exact) mass is 224 g/mol. The number of carbonyl (C=O) groups is 1. The maximum Gasteiger partial charge on any atom is 0.310 e. The second kappa shape index (κ2) is 4.60. The molecular weight excluding hydrogens is 200 g/mol. The molecule has 0 bridgehead atoms. The molecule has 0 spiro atoms. The third-order valence-corrected chi connectivity index (χ3v) is 3.24. The Labute approximate surface area is 99.1 Å². The average molecular weight is 224 g/mol. The van der Waals surface area contributed by atoms with Gasteiger partial charge in [0.25, 0.3) is 0 Å². The largest absolute Gasteiger partial charge is 0.465 e. The number of ether oxygens (including phenoxy) is 1. The Kier molecular flexibility index (Phi) is 3.82. The van der Waals surface area contributed by atoms with Crippen LogP contribution in [0.2, 0.25) is 0 Å². The molecule has 2 nitrogen and oxygen atoms in total. The van der Waals surface area contributed by atoms with E-state index < -0.39 is 0 Å². The van der Waals surface area contributed by atoms with Crippen LogP contribution in [-0.4, -0.2) is 12.6 Å². The van der Waals surface area contributed by atoms with Crippen molar-refractivity contribution in [1.82, 2.24) is 0 Å². The van der Waals surface area contributed by atoms with Crippen LogP contribution >= 0.6 is 0 Å². The van der Waals surface area contributed by atoms with Crippen LogP contribution in [0.3, 0.4) is 0 Å². The second-order valence-electron chi connectivity index (χ2n) is 6.09. The van der Waals surface area contributed by atoms with Crippen LogP contribution in [0.25, 0.3) is 0 Å². The lowest BCUT2D eigenvalue weighted by molar-refractivity contribution is -0.147. The van der Waals surface area contributed by atoms with E-state index in [9.17, 15) is 4.79 Å². The molecule has 16 heavy (non-hydrogen) atoms. The predicted octanol–water partition coefficient (Wildman–Crippen LogP) is 3.42. The van der Waals surface area contributed by atoms with Crippen LogP contribution < -0.4 is 0 Å². The Bertz CT molecular complexity index is 296. The molecule has 0 N–H and O–H groups in total. The van der Waals surface area contributed by atoms with Crippen LogP contribution in [-0.2, 0) is 9.53 Å². The van der Waals surface area contributed by atoms with Gasteiger partial charge in [0.1, 0.15) is 0 Å². The van der Waals surface area contributed by atoms with Crippen LogP contribution in [0.5, 0.6) is 0 Å². The smallest absolute Gasteiger partial charge is 0.310 e. The van der Waals surface area contributed by atoms with Crippen molar-refractivity contribution >= 4 is 5.97 Å². The number of hydrogen-bond donors (Lipinski definition) is 0. The highest BCUT2D eigenvalue weighted by Gasteiger charge is 2.61. The molecule has 2 atom stereocenters. The Morgan fingerprint density at radius 2 is 1.94 bits per heavy atom. The summed E-state index contributed by atoms with van der Waals surface area (Å²) in [6, 6.07) is 0. The van der Waals surface area contributed by atoms with Crippen LogP contribution in [0.15, 0.2) is 11.6 Å². The fraction of sp³-hybridized carbons (Fsp3) is 0.786. The van der Waals surface area contributed by atoms with Gasteiger partial charge in [-0.3, -0.25) is 4.79 Å². The normalized spacial score (nSPS) is 26.4. The molecule has 2 unspecified atom stereocenters. The molecule has 0 amide bonds. The van der Waals surface area contributed by atoms with E-state index >= 15 is 0 Å². The summed E-state index contributed by atoms with van der Waals surface area (Å²) in [6.07, 6.45) is 2.20. The Balaban J connectivity index is 2.56. The van der Waals surface area contributed by atoms with E-state index in [2.05, 4.69) is 47.6 Å². The summed E-state index contributed by atoms with van der Waals surface area (Å²) in [7, 11) is 0. The van der Waals surface area contributed by atoms with Gasteiger partial charge in [0.05, 0.1) is 12.5 Å². The van der Waals surface area contributed by atoms with Crippen molar-refractivity contribution in [2.45, 2.75) is 41.5 Å². The molecular formula is C14H24O2. The van der Waals surface area contributed by atoms with Gasteiger partial charge in [-0.2, -0.15) is 0 Å². The molecule has 2 heteroatoms. The minimum atomic E-state index is -0.0267. The highest BCUT2D eigenvalue weighted by molar-refractivity contribution is 5.78. The Morgan fingerprint density at radius 1 is 1.38 bits per heavy atom. The lowest BCUT2D eigenvalue weighted by Crippen LogP contribution is -2.14. The number of rotatable bonds is 4. The average Bonchev–Trinajstić information content (AvgIpc) is 2.63. The van der Waals surface area contributed by atoms with E-state index in [1.54, 1.807) is 0 Å². The van der Waals surface area contributed by atoms with E-state index in [0.29, 0.717) is 18.4 Å². The van der Waals surface area contributed by atoms with Crippen molar-refractivity contribution in [3.05, 3.63) is 11.6 Å². The summed E-state index contributed by atoms with van der Waals surface area (Å²) in [5, 5.41) is 0. The van der Waals surface area contributed by atoms with Gasteiger partial charge in [0.15, 0.2) is 0 Å². The third-order valence-electron chi connectivity index (χ3n) is 3.24. The molecule has 0 aromatic heterocycles. The van der Waals surface area contributed by atoms with E-state index in [1.807, 2.05) is 0 Å². The summed E-state index contributed by atoms with van der Waals surface area (Å²) in [4.78, 5) is 11.9. The molecule has 1 aliphatic carbocycles. The molecule has 1 fully saturated rings. The second-order valence-corrected chi connectivity index (χ2v) is 6.09. The standard InChI is InChI=1S/C14H24O2/c1-9(2)7-11-12(14(11,5)6)13(15)16-8-10(3)4/h7,10-12H,8H2,1-6H3. The van der Waals surface area contributed by atoms with Crippen LogP contribution in [0.1, 0.15) is 41.5 Å². The molecule has 0 aromatic carbocycles. The highest BCUT2D eigenvalue weighted by Crippen LogP contribution is 2.59. The SMILES string of the molecule is CC(C)=CC1C(C(=O)OCC(C)C)C1(C)C. The van der Waals surface area contributed by atoms with Crippen molar-refractivity contribution in [2.75, 3.05) is 6.61 Å². The number of carbonyl (C=O) groups excluding carboxylic acids is 1. The van der Waals surface area contributed by atoms with Gasteiger partial charge >= 0.3 is 5.97 Å². The van der Waals surface area contributed by atoms with Crippen LogP contribution in [0, 0.1) is 23.2 Å². The van der Waals surface area contributed by atoms with E-state index in [0.717, 1.165) is 0 Å². The number of hydrogen-bond acceptors (Lipinski definition) is 2. The fourth-order valence-corrected chi connectivity index (χ4v) is 2.14. The van der Waals surface area contributed by atoms with Gasteiger partial charge in [0, 0.05) is 0 Å². The molecule has 0 heterocycles. The molecule has 0 aromatic rings. The van der Waals surface area contributed by atoms with E-state index in [-0.39, 0.29) is 17.3 Å². The topological polar surface area (TPSA) is 26.3 Å². The first-order chi connectivity index (χ1) is 7.26. The van der Waals surface area contributed by atoms with Gasteiger partial charge in [-0.15, -0.1) is 0 Å². The zero-order valence-corrected chi connectivity index (χ0v) is 11.3. The molecule has 0 aliphatic heterocycles. The summed E-state index contributed by atoms with van der Waals surface area (Å²) >= 11 is 0. The minimum absolute atomic E-state index is 0.0267. The van der Waals surface area contributed by atoms with Crippen molar-refractivity contribution in [3.8, 4) is 0 Å². The first-order valence-electron chi connectivity index (χ1n) is 6.08. The number of allylic oxidation sites excluding steroid dienone is 2. The van der Waals surface area contributed by atoms with Gasteiger partial charge in [-0.25, -0.2) is 0 Å². The summed E-state index contributed by atoms with van der Waals surface area (Å²) in [6.45, 7) is 13.1. The third kappa shape index (κ3) is 2.87. The Hall–Kier alpha value is -0.790. The summed E-state index contributed by atoms with van der Waals surface area (Å²) < 4.78 is 5.31. The predicted molar refractivity (Wildman–Crippen MR) is 66.0 cm³/mol. The first kappa shape index (κ1) is 13.3. The lowest BCUT2D eigenvalue weighted by Gasteiger charge is -2.07. The molecule has 0 radical (unpaired) electrons. The quantitative estimate of drug-likeness (QED) is 0.540. The lowest BCUT2D eigenvalue weighted by atomic mass is 10.1. The summed E-state index contributed by atoms with van der Waals surface area (Å²) in [5.41, 5.74) is 1.35. The Morgan fingerprint density at radius 3 is 2.38 bits per heavy atom. The molecule has 0 saturated heterocycles. The summed E-state index contributed by atoms with van der Waals surface area (Å²) in [5.74, 6) is 0.798. The van der Waals surface area contributed by atoms with Crippen molar-refractivity contribution in [2.24, 2.45) is 23.2 Å². The van der Waals surface area contributed by atoms with Gasteiger partial charge < -0.3 is 4.74 Å². The van der Waals surface area contributed by atoms with Crippen molar-refractivity contribution < 1.29 is 9.53 Å². The maximum absolute atomic E-state index is 11.9. The maximum atomic E-state index is 11.9. The van der Waals surface area contributed by atoms with Crippen molar-refractivity contribution in [1.29, 1.82) is 0 Å². The van der Waals surface area contributed by atoms with Crippen molar-refractivity contribution in [3.63, 3.8) is 0 Å². The molecule has 1 saturated carbocycles. The van der Waals surface area contributed by atoms with Crippen LogP contribution in [0.4, 0.5) is 0 Å². The zero-order chi connectivity index (χ0) is 12.5. The van der Waals surface area contributed by atoms with Gasteiger partial charge in [-0.1, -0.05) is 39.3 Å². The fourth-order valence-electron chi connectivity index (χ4n) is 2.14. The first-order valence-corrected chi connectivity index (χ1v) is 6.08. The molecule has 92 valence electrons. The van der Waals surface area contributed by atoms with Gasteiger partial charge in [-0.05, 0) is 31.1 Å². The highest BCUT2D eigenvalue weighted by atomic mass is 16.5. The molecule has 1 aliphatic rings. The zero-order valence-electron chi connectivity index (χ0n) is 11.3. The van der Waals surface area contributed by atoms with Gasteiger partial charge in [0.2, 0.25) is 0 Å². The number of esters is 1. The molecule has 1 rings (SSSR count). The minimum Gasteiger partial charge on any atom is -0.465 e.